The lowest BCUT2D eigenvalue weighted by Crippen LogP contribution is -2.37. The summed E-state index contributed by atoms with van der Waals surface area (Å²) < 4.78 is 31.0. The van der Waals surface area contributed by atoms with Crippen LogP contribution in [0.4, 0.5) is 0 Å². The Balaban J connectivity index is 1.84. The molecule has 6 nitrogen and oxygen atoms in total. The third-order valence-electron chi connectivity index (χ3n) is 5.18. The molecule has 1 aliphatic carbocycles. The molecule has 1 unspecified atom stereocenters. The number of morpholine rings is 1. The second-order valence-corrected chi connectivity index (χ2v) is 9.52. The van der Waals surface area contributed by atoms with Crippen LogP contribution in [0.15, 0.2) is 0 Å². The normalized spacial score (nSPS) is 24.8. The van der Waals surface area contributed by atoms with Gasteiger partial charge in [0.15, 0.2) is 0 Å². The lowest BCUT2D eigenvalue weighted by atomic mass is 10.0. The van der Waals surface area contributed by atoms with Crippen molar-refractivity contribution in [3.05, 3.63) is 17.0 Å². The van der Waals surface area contributed by atoms with Crippen molar-refractivity contribution in [2.75, 3.05) is 38.8 Å². The molecule has 1 saturated carbocycles. The van der Waals surface area contributed by atoms with E-state index in [1.807, 2.05) is 11.6 Å². The smallest absolute Gasteiger partial charge is 0.148 e. The number of hydrogen-bond donors (Lipinski definition) is 0. The van der Waals surface area contributed by atoms with Gasteiger partial charge in [-0.1, -0.05) is 0 Å². The lowest BCUT2D eigenvalue weighted by Gasteiger charge is -2.32. The summed E-state index contributed by atoms with van der Waals surface area (Å²) in [5.41, 5.74) is 3.30. The molecule has 2 aliphatic rings. The maximum absolute atomic E-state index is 11.7. The van der Waals surface area contributed by atoms with Crippen molar-refractivity contribution in [2.45, 2.75) is 39.3 Å². The number of aryl methyl sites for hydroxylation is 1. The van der Waals surface area contributed by atoms with E-state index in [1.54, 1.807) is 0 Å². The first-order chi connectivity index (χ1) is 10.7. The Morgan fingerprint density at radius 1 is 1.35 bits per heavy atom. The molecular formula is C16H27N3O3S. The largest absolute Gasteiger partial charge is 0.378 e. The molecule has 2 fully saturated rings. The zero-order chi connectivity index (χ0) is 16.8. The van der Waals surface area contributed by atoms with Crippen LogP contribution in [-0.2, 0) is 21.1 Å². The zero-order valence-corrected chi connectivity index (χ0v) is 15.3. The van der Waals surface area contributed by atoms with Gasteiger partial charge in [0.1, 0.15) is 9.84 Å². The van der Waals surface area contributed by atoms with E-state index in [0.717, 1.165) is 37.4 Å². The molecule has 0 bridgehead atoms. The van der Waals surface area contributed by atoms with Crippen molar-refractivity contribution in [2.24, 2.45) is 5.41 Å². The molecule has 7 heteroatoms. The predicted octanol–water partition coefficient (Wildman–Crippen LogP) is 1.33. The van der Waals surface area contributed by atoms with Crippen molar-refractivity contribution in [1.82, 2.24) is 14.7 Å². The standard InChI is InChI=1S/C16H27N3O3S/c1-12-15(14-9-22-8-7-18(14)3)13(2)19(17-12)10-16(5-6-16)11-23(4,20)21/h14H,5-11H2,1-4H3. The average Bonchev–Trinajstić information content (AvgIpc) is 3.11. The van der Waals surface area contributed by atoms with Crippen molar-refractivity contribution >= 4 is 9.84 Å². The van der Waals surface area contributed by atoms with Gasteiger partial charge in [0.2, 0.25) is 0 Å². The SMILES string of the molecule is Cc1nn(CC2(CS(C)(=O)=O)CC2)c(C)c1C1COCCN1C. The van der Waals surface area contributed by atoms with Gasteiger partial charge >= 0.3 is 0 Å². The van der Waals surface area contributed by atoms with E-state index in [4.69, 9.17) is 9.84 Å². The van der Waals surface area contributed by atoms with Gasteiger partial charge in [0, 0.05) is 36.0 Å². The van der Waals surface area contributed by atoms with Gasteiger partial charge in [-0.25, -0.2) is 8.42 Å². The van der Waals surface area contributed by atoms with Crippen LogP contribution in [0.3, 0.4) is 0 Å². The molecule has 0 aromatic carbocycles. The maximum atomic E-state index is 11.7. The van der Waals surface area contributed by atoms with Crippen LogP contribution in [0, 0.1) is 19.3 Å². The fourth-order valence-electron chi connectivity index (χ4n) is 3.74. The molecule has 23 heavy (non-hydrogen) atoms. The lowest BCUT2D eigenvalue weighted by molar-refractivity contribution is 0.00456. The minimum absolute atomic E-state index is 0.108. The van der Waals surface area contributed by atoms with Gasteiger partial charge in [-0.3, -0.25) is 9.58 Å². The highest BCUT2D eigenvalue weighted by molar-refractivity contribution is 7.90. The molecule has 0 amide bonds. The van der Waals surface area contributed by atoms with E-state index in [2.05, 4.69) is 18.9 Å². The first-order valence-corrected chi connectivity index (χ1v) is 10.3. The molecule has 0 radical (unpaired) electrons. The second kappa shape index (κ2) is 5.86. The molecular weight excluding hydrogens is 314 g/mol. The quantitative estimate of drug-likeness (QED) is 0.808. The summed E-state index contributed by atoms with van der Waals surface area (Å²) in [7, 11) is -0.834. The van der Waals surface area contributed by atoms with Gasteiger partial charge in [-0.15, -0.1) is 0 Å². The van der Waals surface area contributed by atoms with Crippen molar-refractivity contribution < 1.29 is 13.2 Å². The Labute approximate surface area is 138 Å². The fraction of sp³-hybridized carbons (Fsp3) is 0.812. The first kappa shape index (κ1) is 16.9. The Morgan fingerprint density at radius 3 is 2.61 bits per heavy atom. The van der Waals surface area contributed by atoms with Gasteiger partial charge in [-0.05, 0) is 33.7 Å². The summed E-state index contributed by atoms with van der Waals surface area (Å²) >= 11 is 0. The van der Waals surface area contributed by atoms with Gasteiger partial charge in [-0.2, -0.15) is 5.10 Å². The molecule has 1 atom stereocenters. The third kappa shape index (κ3) is 3.61. The molecule has 0 N–H and O–H groups in total. The van der Waals surface area contributed by atoms with E-state index in [0.29, 0.717) is 13.2 Å². The van der Waals surface area contributed by atoms with E-state index < -0.39 is 9.84 Å². The van der Waals surface area contributed by atoms with Crippen LogP contribution in [-0.4, -0.2) is 61.9 Å². The van der Waals surface area contributed by atoms with Gasteiger partial charge in [0.25, 0.3) is 0 Å². The van der Waals surface area contributed by atoms with E-state index >= 15 is 0 Å². The summed E-state index contributed by atoms with van der Waals surface area (Å²) in [6, 6.07) is 0.238. The third-order valence-corrected chi connectivity index (χ3v) is 6.31. The van der Waals surface area contributed by atoms with Crippen LogP contribution >= 0.6 is 0 Å². The molecule has 2 heterocycles. The highest BCUT2D eigenvalue weighted by atomic mass is 32.2. The number of nitrogens with zero attached hydrogens (tertiary/aromatic N) is 3. The number of aromatic nitrogens is 2. The van der Waals surface area contributed by atoms with Gasteiger partial charge < -0.3 is 4.74 Å². The predicted molar refractivity (Wildman–Crippen MR) is 89.3 cm³/mol. The zero-order valence-electron chi connectivity index (χ0n) is 14.5. The topological polar surface area (TPSA) is 64.4 Å². The number of hydrogen-bond acceptors (Lipinski definition) is 5. The molecule has 1 aromatic heterocycles. The van der Waals surface area contributed by atoms with Gasteiger partial charge in [0.05, 0.1) is 30.7 Å². The van der Waals surface area contributed by atoms with Crippen LogP contribution in [0.1, 0.15) is 35.8 Å². The van der Waals surface area contributed by atoms with Crippen LogP contribution in [0.25, 0.3) is 0 Å². The summed E-state index contributed by atoms with van der Waals surface area (Å²) in [5, 5.41) is 4.71. The second-order valence-electron chi connectivity index (χ2n) is 7.38. The summed E-state index contributed by atoms with van der Waals surface area (Å²) in [5.74, 6) is 0.264. The molecule has 1 saturated heterocycles. The number of sulfone groups is 1. The van der Waals surface area contributed by atoms with Crippen LogP contribution in [0.2, 0.25) is 0 Å². The minimum atomic E-state index is -2.95. The summed E-state index contributed by atoms with van der Waals surface area (Å²) in [4.78, 5) is 2.31. The van der Waals surface area contributed by atoms with Crippen molar-refractivity contribution in [1.29, 1.82) is 0 Å². The first-order valence-electron chi connectivity index (χ1n) is 8.20. The Morgan fingerprint density at radius 2 is 2.04 bits per heavy atom. The highest BCUT2D eigenvalue weighted by Gasteiger charge is 2.46. The molecule has 1 aliphatic heterocycles. The minimum Gasteiger partial charge on any atom is -0.378 e. The van der Waals surface area contributed by atoms with E-state index in [9.17, 15) is 8.42 Å². The Hall–Kier alpha value is -0.920. The number of ether oxygens (including phenoxy) is 1. The maximum Gasteiger partial charge on any atom is 0.148 e. The molecule has 1 aromatic rings. The molecule has 3 rings (SSSR count). The monoisotopic (exact) mass is 341 g/mol. The Kier molecular flexibility index (Phi) is 4.31. The summed E-state index contributed by atoms with van der Waals surface area (Å²) in [6.45, 7) is 7.22. The average molecular weight is 341 g/mol. The van der Waals surface area contributed by atoms with Crippen molar-refractivity contribution in [3.63, 3.8) is 0 Å². The number of rotatable bonds is 5. The molecule has 0 spiro atoms. The van der Waals surface area contributed by atoms with Crippen LogP contribution < -0.4 is 0 Å². The van der Waals surface area contributed by atoms with Crippen LogP contribution in [0.5, 0.6) is 0 Å². The number of likely N-dealkylation sites (N-methyl/N-ethyl adjacent to an activating group) is 1. The fourth-order valence-corrected chi connectivity index (χ4v) is 5.23. The Bertz CT molecular complexity index is 692. The van der Waals surface area contributed by atoms with E-state index in [1.165, 1.54) is 11.8 Å². The summed E-state index contributed by atoms with van der Waals surface area (Å²) in [6.07, 6.45) is 3.27. The van der Waals surface area contributed by atoms with E-state index in [-0.39, 0.29) is 17.2 Å². The molecule has 130 valence electrons. The van der Waals surface area contributed by atoms with Crippen molar-refractivity contribution in [3.8, 4) is 0 Å². The highest BCUT2D eigenvalue weighted by Crippen LogP contribution is 2.48.